The average Bonchev–Trinajstić information content (AvgIpc) is 2.12. The summed E-state index contributed by atoms with van der Waals surface area (Å²) in [7, 11) is 0. The Balaban J connectivity index is 2.92. The van der Waals surface area contributed by atoms with Gasteiger partial charge in [0.05, 0.1) is 0 Å². The van der Waals surface area contributed by atoms with Crippen molar-refractivity contribution in [3.8, 4) is 0 Å². The third kappa shape index (κ3) is 1.41. The van der Waals surface area contributed by atoms with Crippen LogP contribution in [0.2, 0.25) is 10.2 Å². The second-order valence-electron chi connectivity index (χ2n) is 2.57. The number of anilines is 1. The highest BCUT2D eigenvalue weighted by molar-refractivity contribution is 6.35. The molecule has 2 N–H and O–H groups in total. The summed E-state index contributed by atoms with van der Waals surface area (Å²) in [5.74, 6) is 0.335. The number of rotatable bonds is 0. The lowest BCUT2D eigenvalue weighted by atomic mass is 10.2. The van der Waals surface area contributed by atoms with Gasteiger partial charge in [0.15, 0.2) is 11.0 Å². The minimum atomic E-state index is 0.334. The van der Waals surface area contributed by atoms with Gasteiger partial charge in [-0.15, -0.1) is 10.2 Å². The summed E-state index contributed by atoms with van der Waals surface area (Å²) >= 11 is 11.6. The van der Waals surface area contributed by atoms with E-state index in [1.807, 2.05) is 0 Å². The van der Waals surface area contributed by atoms with Crippen molar-refractivity contribution in [3.63, 3.8) is 0 Å². The van der Waals surface area contributed by atoms with E-state index in [2.05, 4.69) is 10.2 Å². The van der Waals surface area contributed by atoms with Crippen LogP contribution in [0.3, 0.4) is 0 Å². The summed E-state index contributed by atoms with van der Waals surface area (Å²) in [5.41, 5.74) is 5.60. The van der Waals surface area contributed by atoms with Crippen LogP contribution >= 0.6 is 23.2 Å². The van der Waals surface area contributed by atoms with Gasteiger partial charge in [0.1, 0.15) is 0 Å². The average molecular weight is 214 g/mol. The molecule has 5 heteroatoms. The van der Waals surface area contributed by atoms with Crippen LogP contribution < -0.4 is 5.73 Å². The maximum Gasteiger partial charge on any atom is 0.159 e. The Morgan fingerprint density at radius 2 is 1.85 bits per heavy atom. The fourth-order valence-electron chi connectivity index (χ4n) is 1.11. The minimum absolute atomic E-state index is 0.334. The van der Waals surface area contributed by atoms with Crippen LogP contribution in [-0.2, 0) is 0 Å². The molecule has 0 aliphatic heterocycles. The fraction of sp³-hybridized carbons (Fsp3) is 0. The first-order valence-corrected chi connectivity index (χ1v) is 4.31. The number of aromatic nitrogens is 2. The third-order valence-corrected chi connectivity index (χ3v) is 2.24. The van der Waals surface area contributed by atoms with Crippen LogP contribution in [0.15, 0.2) is 18.2 Å². The molecule has 0 spiro atoms. The molecule has 0 radical (unpaired) electrons. The van der Waals surface area contributed by atoms with E-state index in [4.69, 9.17) is 28.9 Å². The number of hydrogen-bond acceptors (Lipinski definition) is 3. The summed E-state index contributed by atoms with van der Waals surface area (Å²) in [6.07, 6.45) is 0. The van der Waals surface area contributed by atoms with Gasteiger partial charge >= 0.3 is 0 Å². The molecular weight excluding hydrogens is 209 g/mol. The second-order valence-corrected chi connectivity index (χ2v) is 3.36. The largest absolute Gasteiger partial charge is 0.382 e. The highest BCUT2D eigenvalue weighted by atomic mass is 35.5. The molecule has 0 bridgehead atoms. The van der Waals surface area contributed by atoms with Crippen molar-refractivity contribution in [3.05, 3.63) is 28.4 Å². The van der Waals surface area contributed by atoms with Crippen molar-refractivity contribution in [2.75, 3.05) is 5.73 Å². The van der Waals surface area contributed by atoms with Crippen LogP contribution in [0.25, 0.3) is 10.8 Å². The first-order chi connectivity index (χ1) is 6.18. The number of hydrogen-bond donors (Lipinski definition) is 1. The predicted octanol–water partition coefficient (Wildman–Crippen LogP) is 2.52. The van der Waals surface area contributed by atoms with Crippen LogP contribution in [0.5, 0.6) is 0 Å². The molecule has 3 nitrogen and oxygen atoms in total. The molecule has 0 saturated carbocycles. The molecule has 1 aromatic heterocycles. The Morgan fingerprint density at radius 3 is 2.62 bits per heavy atom. The van der Waals surface area contributed by atoms with Gasteiger partial charge in [-0.25, -0.2) is 0 Å². The topological polar surface area (TPSA) is 51.8 Å². The number of nitrogens with two attached hydrogens (primary N) is 1. The third-order valence-electron chi connectivity index (χ3n) is 1.73. The minimum Gasteiger partial charge on any atom is -0.382 e. The van der Waals surface area contributed by atoms with Gasteiger partial charge in [-0.3, -0.25) is 0 Å². The highest BCUT2D eigenvalue weighted by Gasteiger charge is 2.04. The standard InChI is InChI=1S/C8H5Cl2N3/c9-4-1-2-5-6(3-4)8(11)13-12-7(5)10/h1-3H,(H2,11,13). The number of nitrogens with zero attached hydrogens (tertiary/aromatic N) is 2. The van der Waals surface area contributed by atoms with Crippen LogP contribution in [0, 0.1) is 0 Å². The van der Waals surface area contributed by atoms with Crippen molar-refractivity contribution in [1.82, 2.24) is 10.2 Å². The Morgan fingerprint density at radius 1 is 1.08 bits per heavy atom. The first kappa shape index (κ1) is 8.53. The van der Waals surface area contributed by atoms with Gasteiger partial charge in [0.25, 0.3) is 0 Å². The number of benzene rings is 1. The quantitative estimate of drug-likeness (QED) is 0.732. The maximum atomic E-state index is 5.81. The lowest BCUT2D eigenvalue weighted by Gasteiger charge is -2.01. The van der Waals surface area contributed by atoms with E-state index in [0.717, 1.165) is 10.8 Å². The van der Waals surface area contributed by atoms with Crippen molar-refractivity contribution in [2.24, 2.45) is 0 Å². The molecule has 0 fully saturated rings. The lowest BCUT2D eigenvalue weighted by Crippen LogP contribution is -1.94. The van der Waals surface area contributed by atoms with Crippen molar-refractivity contribution < 1.29 is 0 Å². The molecule has 0 atom stereocenters. The van der Waals surface area contributed by atoms with E-state index in [9.17, 15) is 0 Å². The Hall–Kier alpha value is -1.06. The summed E-state index contributed by atoms with van der Waals surface area (Å²) < 4.78 is 0. The van der Waals surface area contributed by atoms with E-state index in [0.29, 0.717) is 16.0 Å². The summed E-state index contributed by atoms with van der Waals surface area (Å²) in [6, 6.07) is 5.22. The van der Waals surface area contributed by atoms with Gasteiger partial charge in [0, 0.05) is 15.8 Å². The molecule has 0 aliphatic carbocycles. The fourth-order valence-corrected chi connectivity index (χ4v) is 1.49. The molecule has 0 saturated heterocycles. The maximum absolute atomic E-state index is 5.81. The van der Waals surface area contributed by atoms with E-state index in [1.54, 1.807) is 18.2 Å². The van der Waals surface area contributed by atoms with Gasteiger partial charge < -0.3 is 5.73 Å². The molecule has 66 valence electrons. The Kier molecular flexibility index (Phi) is 1.98. The molecule has 0 unspecified atom stereocenters. The number of fused-ring (bicyclic) bond motifs is 1. The summed E-state index contributed by atoms with van der Waals surface area (Å²) in [5, 5.41) is 9.80. The second kappa shape index (κ2) is 3.01. The molecule has 0 aliphatic rings. The van der Waals surface area contributed by atoms with Crippen LogP contribution in [0.1, 0.15) is 0 Å². The number of nitrogen functional groups attached to an aromatic ring is 1. The van der Waals surface area contributed by atoms with Crippen LogP contribution in [0.4, 0.5) is 5.82 Å². The monoisotopic (exact) mass is 213 g/mol. The van der Waals surface area contributed by atoms with Gasteiger partial charge in [-0.1, -0.05) is 23.2 Å². The molecule has 2 rings (SSSR count). The molecule has 13 heavy (non-hydrogen) atoms. The lowest BCUT2D eigenvalue weighted by molar-refractivity contribution is 1.06. The first-order valence-electron chi connectivity index (χ1n) is 3.55. The predicted molar refractivity (Wildman–Crippen MR) is 54.0 cm³/mol. The Bertz CT molecular complexity index is 470. The zero-order valence-corrected chi connectivity index (χ0v) is 7.97. The molecule has 2 aromatic rings. The van der Waals surface area contributed by atoms with Crippen molar-refractivity contribution in [1.29, 1.82) is 0 Å². The molecule has 1 aromatic carbocycles. The summed E-state index contributed by atoms with van der Waals surface area (Å²) in [4.78, 5) is 0. The molecular formula is C8H5Cl2N3. The van der Waals surface area contributed by atoms with E-state index in [1.165, 1.54) is 0 Å². The Labute approximate surface area is 84.5 Å². The zero-order chi connectivity index (χ0) is 9.42. The number of halogens is 2. The van der Waals surface area contributed by atoms with E-state index in [-0.39, 0.29) is 0 Å². The van der Waals surface area contributed by atoms with Crippen molar-refractivity contribution >= 4 is 39.8 Å². The zero-order valence-electron chi connectivity index (χ0n) is 6.46. The van der Waals surface area contributed by atoms with Gasteiger partial charge in [-0.2, -0.15) is 0 Å². The smallest absolute Gasteiger partial charge is 0.159 e. The summed E-state index contributed by atoms with van der Waals surface area (Å²) in [6.45, 7) is 0. The molecule has 1 heterocycles. The van der Waals surface area contributed by atoms with E-state index >= 15 is 0 Å². The van der Waals surface area contributed by atoms with Gasteiger partial charge in [0.2, 0.25) is 0 Å². The van der Waals surface area contributed by atoms with E-state index < -0.39 is 0 Å². The molecule has 0 amide bonds. The van der Waals surface area contributed by atoms with Crippen molar-refractivity contribution in [2.45, 2.75) is 0 Å². The SMILES string of the molecule is Nc1nnc(Cl)c2ccc(Cl)cc12. The van der Waals surface area contributed by atoms with Gasteiger partial charge in [-0.05, 0) is 18.2 Å². The normalized spacial score (nSPS) is 10.6. The van der Waals surface area contributed by atoms with Crippen LogP contribution in [-0.4, -0.2) is 10.2 Å². The highest BCUT2D eigenvalue weighted by Crippen LogP contribution is 2.26.